The number of likely N-dealkylation sites (tertiary alicyclic amines) is 1. The van der Waals surface area contributed by atoms with Gasteiger partial charge in [-0.3, -0.25) is 9.59 Å². The van der Waals surface area contributed by atoms with Crippen LogP contribution in [0.5, 0.6) is 0 Å². The molecular formula is C16H31N3O2. The molecule has 1 saturated heterocycles. The average molecular weight is 297 g/mol. The van der Waals surface area contributed by atoms with Crippen LogP contribution in [0.4, 0.5) is 0 Å². The molecule has 1 fully saturated rings. The van der Waals surface area contributed by atoms with Crippen molar-refractivity contribution < 1.29 is 9.59 Å². The van der Waals surface area contributed by atoms with Crippen LogP contribution in [0, 0.1) is 0 Å². The Labute approximate surface area is 128 Å². The van der Waals surface area contributed by atoms with Crippen molar-refractivity contribution >= 4 is 11.8 Å². The van der Waals surface area contributed by atoms with Gasteiger partial charge in [-0.25, -0.2) is 0 Å². The predicted molar refractivity (Wildman–Crippen MR) is 84.8 cm³/mol. The van der Waals surface area contributed by atoms with Crippen LogP contribution in [0.3, 0.4) is 0 Å². The van der Waals surface area contributed by atoms with Gasteiger partial charge in [0.15, 0.2) is 0 Å². The van der Waals surface area contributed by atoms with E-state index in [9.17, 15) is 9.59 Å². The van der Waals surface area contributed by atoms with E-state index < -0.39 is 0 Å². The lowest BCUT2D eigenvalue weighted by molar-refractivity contribution is -0.138. The topological polar surface area (TPSA) is 75.4 Å². The minimum absolute atomic E-state index is 0.0136. The summed E-state index contributed by atoms with van der Waals surface area (Å²) in [4.78, 5) is 26.1. The molecule has 0 unspecified atom stereocenters. The van der Waals surface area contributed by atoms with E-state index in [0.717, 1.165) is 38.6 Å². The summed E-state index contributed by atoms with van der Waals surface area (Å²) < 4.78 is 0. The Morgan fingerprint density at radius 2 is 1.95 bits per heavy atom. The number of nitrogens with two attached hydrogens (primary N) is 1. The van der Waals surface area contributed by atoms with Crippen LogP contribution in [-0.4, -0.2) is 42.4 Å². The molecule has 21 heavy (non-hydrogen) atoms. The van der Waals surface area contributed by atoms with Crippen molar-refractivity contribution in [2.45, 2.75) is 70.8 Å². The van der Waals surface area contributed by atoms with Crippen LogP contribution < -0.4 is 11.1 Å². The Morgan fingerprint density at radius 1 is 1.19 bits per heavy atom. The lowest BCUT2D eigenvalue weighted by atomic mass is 10.1. The summed E-state index contributed by atoms with van der Waals surface area (Å²) in [5.41, 5.74) is 5.42. The van der Waals surface area contributed by atoms with Gasteiger partial charge in [0, 0.05) is 19.5 Å². The molecule has 0 bridgehead atoms. The number of amides is 2. The van der Waals surface area contributed by atoms with Gasteiger partial charge >= 0.3 is 0 Å². The van der Waals surface area contributed by atoms with Gasteiger partial charge in [0.05, 0.1) is 0 Å². The molecule has 5 nitrogen and oxygen atoms in total. The molecule has 3 N–H and O–H groups in total. The first-order valence-electron chi connectivity index (χ1n) is 8.48. The van der Waals surface area contributed by atoms with Crippen LogP contribution in [0.2, 0.25) is 0 Å². The Hall–Kier alpha value is -1.10. The van der Waals surface area contributed by atoms with Gasteiger partial charge in [-0.2, -0.15) is 0 Å². The van der Waals surface area contributed by atoms with Crippen molar-refractivity contribution in [1.29, 1.82) is 0 Å². The largest absolute Gasteiger partial charge is 0.354 e. The zero-order chi connectivity index (χ0) is 15.5. The molecule has 0 aromatic carbocycles. The van der Waals surface area contributed by atoms with Crippen molar-refractivity contribution in [2.75, 3.05) is 19.6 Å². The molecular weight excluding hydrogens is 266 g/mol. The summed E-state index contributed by atoms with van der Waals surface area (Å²) in [6, 6.07) is -0.258. The highest BCUT2D eigenvalue weighted by atomic mass is 16.2. The third kappa shape index (κ3) is 6.46. The van der Waals surface area contributed by atoms with E-state index in [1.165, 1.54) is 19.3 Å². The molecule has 1 atom stereocenters. The number of hydrogen-bond acceptors (Lipinski definition) is 3. The molecule has 2 amide bonds. The zero-order valence-electron chi connectivity index (χ0n) is 13.4. The van der Waals surface area contributed by atoms with Crippen molar-refractivity contribution in [3.63, 3.8) is 0 Å². The molecule has 0 aromatic rings. The number of unbranched alkanes of at least 4 members (excludes halogenated alkanes) is 4. The molecule has 0 saturated carbocycles. The van der Waals surface area contributed by atoms with Crippen molar-refractivity contribution in [3.8, 4) is 0 Å². The number of hydrogen-bond donors (Lipinski definition) is 2. The third-order valence-corrected chi connectivity index (χ3v) is 4.05. The first-order chi connectivity index (χ1) is 10.2. The maximum absolute atomic E-state index is 12.2. The monoisotopic (exact) mass is 297 g/mol. The number of carbonyl (C=O) groups excluding carboxylic acids is 2. The average Bonchev–Trinajstić information content (AvgIpc) is 2.96. The van der Waals surface area contributed by atoms with Gasteiger partial charge in [0.1, 0.15) is 6.04 Å². The van der Waals surface area contributed by atoms with E-state index in [1.54, 1.807) is 4.90 Å². The number of rotatable bonds is 10. The van der Waals surface area contributed by atoms with Crippen molar-refractivity contribution in [3.05, 3.63) is 0 Å². The van der Waals surface area contributed by atoms with Gasteiger partial charge in [0.25, 0.3) is 0 Å². The molecule has 1 rings (SSSR count). The standard InChI is InChI=1S/C16H31N3O2/c1-2-3-4-5-6-10-15(20)19-13-7-9-14(19)16(21)18-12-8-11-17/h14H,2-13,17H2,1H3,(H,18,21)/t14-/m1/s1. The normalized spacial score (nSPS) is 18.0. The highest BCUT2D eigenvalue weighted by molar-refractivity contribution is 5.88. The van der Waals surface area contributed by atoms with Gasteiger partial charge in [-0.15, -0.1) is 0 Å². The van der Waals surface area contributed by atoms with Gasteiger partial charge in [-0.1, -0.05) is 32.6 Å². The van der Waals surface area contributed by atoms with E-state index in [2.05, 4.69) is 12.2 Å². The molecule has 0 aromatic heterocycles. The molecule has 1 aliphatic heterocycles. The molecule has 122 valence electrons. The summed E-state index contributed by atoms with van der Waals surface area (Å²) >= 11 is 0. The first kappa shape index (κ1) is 18.0. The lowest BCUT2D eigenvalue weighted by Gasteiger charge is -2.24. The van der Waals surface area contributed by atoms with Crippen LogP contribution in [-0.2, 0) is 9.59 Å². The molecule has 0 spiro atoms. The van der Waals surface area contributed by atoms with E-state index in [0.29, 0.717) is 19.5 Å². The maximum Gasteiger partial charge on any atom is 0.242 e. The minimum Gasteiger partial charge on any atom is -0.354 e. The van der Waals surface area contributed by atoms with E-state index >= 15 is 0 Å². The summed E-state index contributed by atoms with van der Waals surface area (Å²) in [6.45, 7) is 4.09. The molecule has 5 heteroatoms. The quantitative estimate of drug-likeness (QED) is 0.604. The van der Waals surface area contributed by atoms with Gasteiger partial charge < -0.3 is 16.0 Å². The molecule has 0 radical (unpaired) electrons. The molecule has 0 aliphatic carbocycles. The minimum atomic E-state index is -0.258. The summed E-state index contributed by atoms with van der Waals surface area (Å²) in [5, 5.41) is 2.88. The Bertz CT molecular complexity index is 321. The third-order valence-electron chi connectivity index (χ3n) is 4.05. The summed E-state index contributed by atoms with van der Waals surface area (Å²) in [6.07, 6.45) is 8.78. The predicted octanol–water partition coefficient (Wildman–Crippen LogP) is 1.80. The summed E-state index contributed by atoms with van der Waals surface area (Å²) in [5.74, 6) is 0.128. The van der Waals surface area contributed by atoms with Crippen LogP contribution in [0.1, 0.15) is 64.7 Å². The second-order valence-corrected chi connectivity index (χ2v) is 5.84. The first-order valence-corrected chi connectivity index (χ1v) is 8.48. The van der Waals surface area contributed by atoms with Crippen LogP contribution in [0.25, 0.3) is 0 Å². The van der Waals surface area contributed by atoms with Crippen molar-refractivity contribution in [1.82, 2.24) is 10.2 Å². The molecule has 1 heterocycles. The fraction of sp³-hybridized carbons (Fsp3) is 0.875. The lowest BCUT2D eigenvalue weighted by Crippen LogP contribution is -2.46. The van der Waals surface area contributed by atoms with Crippen LogP contribution in [0.15, 0.2) is 0 Å². The number of nitrogens with one attached hydrogen (secondary N) is 1. The Balaban J connectivity index is 2.30. The van der Waals surface area contributed by atoms with E-state index in [4.69, 9.17) is 5.73 Å². The second kappa shape index (κ2) is 10.6. The fourth-order valence-electron chi connectivity index (χ4n) is 2.79. The molecule has 1 aliphatic rings. The van der Waals surface area contributed by atoms with Crippen molar-refractivity contribution in [2.24, 2.45) is 5.73 Å². The van der Waals surface area contributed by atoms with Gasteiger partial charge in [-0.05, 0) is 32.2 Å². The SMILES string of the molecule is CCCCCCCC(=O)N1CCC[C@@H]1C(=O)NCCCN. The van der Waals surface area contributed by atoms with Gasteiger partial charge in [0.2, 0.25) is 11.8 Å². The number of carbonyl (C=O) groups is 2. The van der Waals surface area contributed by atoms with E-state index in [1.807, 2.05) is 0 Å². The Kier molecular flexibility index (Phi) is 9.06. The highest BCUT2D eigenvalue weighted by Crippen LogP contribution is 2.19. The van der Waals surface area contributed by atoms with Crippen LogP contribution >= 0.6 is 0 Å². The number of nitrogens with zero attached hydrogens (tertiary/aromatic N) is 1. The summed E-state index contributed by atoms with van der Waals surface area (Å²) in [7, 11) is 0. The zero-order valence-corrected chi connectivity index (χ0v) is 13.4. The Morgan fingerprint density at radius 3 is 2.67 bits per heavy atom. The fourth-order valence-corrected chi connectivity index (χ4v) is 2.79. The maximum atomic E-state index is 12.2. The highest BCUT2D eigenvalue weighted by Gasteiger charge is 2.33. The second-order valence-electron chi connectivity index (χ2n) is 5.84. The smallest absolute Gasteiger partial charge is 0.242 e. The van der Waals surface area contributed by atoms with E-state index in [-0.39, 0.29) is 17.9 Å².